The number of nitrogens with one attached hydrogen (secondary N) is 1. The maximum Gasteiger partial charge on any atom is 0.244 e. The smallest absolute Gasteiger partial charge is 0.244 e. The van der Waals surface area contributed by atoms with Crippen molar-refractivity contribution >= 4 is 15.9 Å². The van der Waals surface area contributed by atoms with Gasteiger partial charge in [-0.1, -0.05) is 54.6 Å². The molecule has 7 heteroatoms. The Morgan fingerprint density at radius 1 is 1.00 bits per heavy atom. The largest absolute Gasteiger partial charge is 0.497 e. The lowest BCUT2D eigenvalue weighted by Gasteiger charge is -2.35. The van der Waals surface area contributed by atoms with Gasteiger partial charge in [-0.2, -0.15) is 4.31 Å². The van der Waals surface area contributed by atoms with Crippen LogP contribution in [0.15, 0.2) is 83.8 Å². The average molecular weight is 437 g/mol. The van der Waals surface area contributed by atoms with Gasteiger partial charge in [0.25, 0.3) is 0 Å². The summed E-state index contributed by atoms with van der Waals surface area (Å²) < 4.78 is 33.3. The summed E-state index contributed by atoms with van der Waals surface area (Å²) >= 11 is 0. The van der Waals surface area contributed by atoms with Crippen molar-refractivity contribution in [1.29, 1.82) is 0 Å². The van der Waals surface area contributed by atoms with Gasteiger partial charge in [0.1, 0.15) is 11.8 Å². The van der Waals surface area contributed by atoms with Gasteiger partial charge in [-0.3, -0.25) is 4.79 Å². The second kappa shape index (κ2) is 8.91. The molecule has 31 heavy (non-hydrogen) atoms. The Balaban J connectivity index is 1.61. The summed E-state index contributed by atoms with van der Waals surface area (Å²) in [7, 11) is -2.25. The second-order valence-electron chi connectivity index (χ2n) is 7.42. The van der Waals surface area contributed by atoms with Crippen molar-refractivity contribution in [1.82, 2.24) is 9.62 Å². The molecule has 0 saturated heterocycles. The molecule has 1 amide bonds. The van der Waals surface area contributed by atoms with Crippen LogP contribution in [0.3, 0.4) is 0 Å². The molecule has 0 aromatic heterocycles. The van der Waals surface area contributed by atoms with Crippen LogP contribution in [0.25, 0.3) is 0 Å². The topological polar surface area (TPSA) is 75.7 Å². The van der Waals surface area contributed by atoms with Crippen LogP contribution in [-0.2, 0) is 34.3 Å². The fourth-order valence-corrected chi connectivity index (χ4v) is 5.38. The summed E-state index contributed by atoms with van der Waals surface area (Å²) in [6.07, 6.45) is 0.326. The van der Waals surface area contributed by atoms with Crippen LogP contribution >= 0.6 is 0 Å². The minimum absolute atomic E-state index is 0.157. The number of carbonyl (C=O) groups is 1. The lowest BCUT2D eigenvalue weighted by molar-refractivity contribution is -0.125. The molecule has 0 aliphatic carbocycles. The number of hydrogen-bond donors (Lipinski definition) is 1. The number of sulfonamides is 1. The van der Waals surface area contributed by atoms with Crippen molar-refractivity contribution in [3.63, 3.8) is 0 Å². The zero-order valence-corrected chi connectivity index (χ0v) is 18.0. The van der Waals surface area contributed by atoms with Gasteiger partial charge >= 0.3 is 0 Å². The van der Waals surface area contributed by atoms with E-state index in [-0.39, 0.29) is 23.9 Å². The second-order valence-corrected chi connectivity index (χ2v) is 9.31. The van der Waals surface area contributed by atoms with Crippen molar-refractivity contribution in [2.24, 2.45) is 0 Å². The van der Waals surface area contributed by atoms with Crippen molar-refractivity contribution in [3.8, 4) is 5.75 Å². The molecule has 1 heterocycles. The third-order valence-electron chi connectivity index (χ3n) is 5.46. The Hall–Kier alpha value is -3.16. The van der Waals surface area contributed by atoms with E-state index in [4.69, 9.17) is 4.74 Å². The van der Waals surface area contributed by atoms with Crippen molar-refractivity contribution in [2.75, 3.05) is 7.11 Å². The highest BCUT2D eigenvalue weighted by molar-refractivity contribution is 7.89. The summed E-state index contributed by atoms with van der Waals surface area (Å²) in [6, 6.07) is 22.5. The van der Waals surface area contributed by atoms with Gasteiger partial charge in [0.05, 0.1) is 12.0 Å². The molecule has 1 atom stereocenters. The Labute approximate surface area is 182 Å². The van der Waals surface area contributed by atoms with E-state index in [2.05, 4.69) is 5.32 Å². The van der Waals surface area contributed by atoms with E-state index in [1.165, 1.54) is 4.31 Å². The van der Waals surface area contributed by atoms with Crippen LogP contribution in [0.1, 0.15) is 16.7 Å². The molecule has 3 aromatic rings. The molecular weight excluding hydrogens is 412 g/mol. The maximum absolute atomic E-state index is 13.4. The normalized spacial score (nSPS) is 16.4. The minimum Gasteiger partial charge on any atom is -0.497 e. The Morgan fingerprint density at radius 2 is 1.71 bits per heavy atom. The third-order valence-corrected chi connectivity index (χ3v) is 7.33. The number of carbonyl (C=O) groups excluding carboxylic acids is 1. The predicted molar refractivity (Wildman–Crippen MR) is 118 cm³/mol. The van der Waals surface area contributed by atoms with Crippen molar-refractivity contribution in [3.05, 3.63) is 95.6 Å². The molecule has 4 rings (SSSR count). The first kappa shape index (κ1) is 21.1. The van der Waals surface area contributed by atoms with Gasteiger partial charge in [0.2, 0.25) is 15.9 Å². The average Bonchev–Trinajstić information content (AvgIpc) is 2.82. The first-order valence-corrected chi connectivity index (χ1v) is 11.5. The Kier molecular flexibility index (Phi) is 6.06. The van der Waals surface area contributed by atoms with Crippen molar-refractivity contribution < 1.29 is 17.9 Å². The fraction of sp³-hybridized carbons (Fsp3) is 0.208. The molecular formula is C24H24N2O4S. The van der Waals surface area contributed by atoms with Crippen molar-refractivity contribution in [2.45, 2.75) is 30.4 Å². The van der Waals surface area contributed by atoms with E-state index in [0.29, 0.717) is 12.2 Å². The third kappa shape index (κ3) is 4.47. The number of methoxy groups -OCH3 is 1. The molecule has 1 aliphatic rings. The van der Waals surface area contributed by atoms with E-state index in [0.717, 1.165) is 16.7 Å². The van der Waals surface area contributed by atoms with Gasteiger partial charge in [0.15, 0.2) is 0 Å². The quantitative estimate of drug-likeness (QED) is 0.644. The molecule has 0 spiro atoms. The number of fused-ring (bicyclic) bond motifs is 1. The van der Waals surface area contributed by atoms with Crippen LogP contribution in [0.4, 0.5) is 0 Å². The highest BCUT2D eigenvalue weighted by atomic mass is 32.2. The lowest BCUT2D eigenvalue weighted by atomic mass is 9.95. The number of rotatable bonds is 6. The van der Waals surface area contributed by atoms with Crippen LogP contribution in [0, 0.1) is 0 Å². The zero-order chi connectivity index (χ0) is 21.8. The Morgan fingerprint density at radius 3 is 2.45 bits per heavy atom. The molecule has 0 radical (unpaired) electrons. The molecule has 1 aliphatic heterocycles. The number of nitrogens with zero attached hydrogens (tertiary/aromatic N) is 1. The molecule has 160 valence electrons. The maximum atomic E-state index is 13.4. The minimum atomic E-state index is -3.84. The van der Waals surface area contributed by atoms with Gasteiger partial charge in [-0.05, 0) is 47.4 Å². The first-order valence-electron chi connectivity index (χ1n) is 10.0. The highest BCUT2D eigenvalue weighted by Crippen LogP contribution is 2.29. The molecule has 0 saturated carbocycles. The molecule has 0 unspecified atom stereocenters. The molecule has 0 bridgehead atoms. The molecule has 0 fully saturated rings. The zero-order valence-electron chi connectivity index (χ0n) is 17.2. The predicted octanol–water partition coefficient (Wildman–Crippen LogP) is 3.13. The number of hydrogen-bond acceptors (Lipinski definition) is 4. The SMILES string of the molecule is COc1cccc(CNC(=O)[C@H]2Cc3ccccc3CN2S(=O)(=O)c2ccccc2)c1. The molecule has 6 nitrogen and oxygen atoms in total. The van der Waals surface area contributed by atoms with E-state index in [1.807, 2.05) is 48.5 Å². The van der Waals surface area contributed by atoms with Gasteiger partial charge in [0, 0.05) is 13.1 Å². The standard InChI is InChI=1S/C24H24N2O4S/c1-30-21-11-7-8-18(14-21)16-25-24(27)23-15-19-9-5-6-10-20(19)17-26(23)31(28,29)22-12-3-2-4-13-22/h2-14,23H,15-17H2,1H3,(H,25,27)/t23-/m1/s1. The first-order chi connectivity index (χ1) is 15.0. The van der Waals surface area contributed by atoms with E-state index < -0.39 is 16.1 Å². The van der Waals surface area contributed by atoms with E-state index >= 15 is 0 Å². The van der Waals surface area contributed by atoms with E-state index in [1.54, 1.807) is 37.4 Å². The van der Waals surface area contributed by atoms with Gasteiger partial charge < -0.3 is 10.1 Å². The molecule has 1 N–H and O–H groups in total. The summed E-state index contributed by atoms with van der Waals surface area (Å²) in [4.78, 5) is 13.4. The van der Waals surface area contributed by atoms with Crippen LogP contribution < -0.4 is 10.1 Å². The number of ether oxygens (including phenoxy) is 1. The van der Waals surface area contributed by atoms with Crippen LogP contribution in [0.2, 0.25) is 0 Å². The summed E-state index contributed by atoms with van der Waals surface area (Å²) in [6.45, 7) is 0.443. The molecule has 3 aromatic carbocycles. The fourth-order valence-electron chi connectivity index (χ4n) is 3.79. The summed E-state index contributed by atoms with van der Waals surface area (Å²) in [5.41, 5.74) is 2.78. The monoisotopic (exact) mass is 436 g/mol. The van der Waals surface area contributed by atoms with Crippen LogP contribution in [0.5, 0.6) is 5.75 Å². The summed E-state index contributed by atoms with van der Waals surface area (Å²) in [5, 5.41) is 2.90. The summed E-state index contributed by atoms with van der Waals surface area (Å²) in [5.74, 6) is 0.378. The van der Waals surface area contributed by atoms with E-state index in [9.17, 15) is 13.2 Å². The van der Waals surface area contributed by atoms with Gasteiger partial charge in [-0.25, -0.2) is 8.42 Å². The number of amides is 1. The van der Waals surface area contributed by atoms with Gasteiger partial charge in [-0.15, -0.1) is 0 Å². The Bertz CT molecular complexity index is 1180. The van der Waals surface area contributed by atoms with Crippen LogP contribution in [-0.4, -0.2) is 31.8 Å². The number of benzene rings is 3. The highest BCUT2D eigenvalue weighted by Gasteiger charge is 2.39. The lowest BCUT2D eigenvalue weighted by Crippen LogP contribution is -2.52.